The van der Waals surface area contributed by atoms with Crippen LogP contribution in [0.15, 0.2) is 48.5 Å². The molecule has 3 rings (SSSR count). The molecule has 2 heteroatoms. The maximum absolute atomic E-state index is 5.65. The number of fused-ring (bicyclic) bond motifs is 3. The highest BCUT2D eigenvalue weighted by atomic mass is 35.5. The Bertz CT molecular complexity index is 694. The number of benzene rings is 2. The normalized spacial score (nSPS) is 11.8. The van der Waals surface area contributed by atoms with E-state index in [1.807, 2.05) is 18.2 Å². The van der Waals surface area contributed by atoms with Crippen molar-refractivity contribution in [1.82, 2.24) is 4.98 Å². The van der Waals surface area contributed by atoms with Crippen molar-refractivity contribution in [3.05, 3.63) is 54.1 Å². The molecule has 0 aliphatic carbocycles. The molecule has 0 aliphatic heterocycles. The minimum absolute atomic E-state index is 0.548. The Labute approximate surface area is 105 Å². The minimum Gasteiger partial charge on any atom is -0.355 e. The first-order valence-corrected chi connectivity index (χ1v) is 6.15. The molecule has 0 amide bonds. The van der Waals surface area contributed by atoms with Gasteiger partial charge in [0.2, 0.25) is 0 Å². The third kappa shape index (κ3) is 1.83. The maximum Gasteiger partial charge on any atom is 0.0465 e. The molecule has 0 fully saturated rings. The molecule has 84 valence electrons. The highest BCUT2D eigenvalue weighted by molar-refractivity contribution is 6.19. The van der Waals surface area contributed by atoms with Gasteiger partial charge in [0.1, 0.15) is 0 Å². The summed E-state index contributed by atoms with van der Waals surface area (Å²) in [6.07, 6.45) is 4.01. The average molecular weight is 242 g/mol. The van der Waals surface area contributed by atoms with Crippen molar-refractivity contribution in [1.29, 1.82) is 0 Å². The number of alkyl halides is 1. The van der Waals surface area contributed by atoms with Gasteiger partial charge >= 0.3 is 0 Å². The maximum atomic E-state index is 5.65. The van der Waals surface area contributed by atoms with Gasteiger partial charge in [-0.05, 0) is 23.8 Å². The van der Waals surface area contributed by atoms with Crippen molar-refractivity contribution in [2.75, 3.05) is 5.88 Å². The topological polar surface area (TPSA) is 15.8 Å². The second kappa shape index (κ2) is 4.27. The summed E-state index contributed by atoms with van der Waals surface area (Å²) in [6, 6.07) is 14.8. The van der Waals surface area contributed by atoms with Crippen molar-refractivity contribution >= 4 is 39.5 Å². The van der Waals surface area contributed by atoms with Gasteiger partial charge in [0.25, 0.3) is 0 Å². The van der Waals surface area contributed by atoms with Gasteiger partial charge < -0.3 is 4.98 Å². The van der Waals surface area contributed by atoms with Crippen molar-refractivity contribution in [3.8, 4) is 0 Å². The van der Waals surface area contributed by atoms with Gasteiger partial charge in [-0.25, -0.2) is 0 Å². The van der Waals surface area contributed by atoms with Gasteiger partial charge in [-0.1, -0.05) is 36.4 Å². The summed E-state index contributed by atoms with van der Waals surface area (Å²) in [4.78, 5) is 3.41. The minimum atomic E-state index is 0.548. The van der Waals surface area contributed by atoms with Crippen molar-refractivity contribution in [2.45, 2.75) is 0 Å². The van der Waals surface area contributed by atoms with Crippen molar-refractivity contribution in [2.24, 2.45) is 0 Å². The van der Waals surface area contributed by atoms with Crippen LogP contribution in [0.4, 0.5) is 0 Å². The predicted octanol–water partition coefficient (Wildman–Crippen LogP) is 4.57. The highest BCUT2D eigenvalue weighted by Crippen LogP contribution is 2.26. The number of para-hydroxylation sites is 1. The van der Waals surface area contributed by atoms with E-state index in [9.17, 15) is 0 Å². The Morgan fingerprint density at radius 1 is 1.00 bits per heavy atom. The first kappa shape index (κ1) is 10.4. The van der Waals surface area contributed by atoms with E-state index in [2.05, 4.69) is 41.4 Å². The first-order chi connectivity index (χ1) is 8.38. The van der Waals surface area contributed by atoms with E-state index in [1.165, 1.54) is 27.4 Å². The van der Waals surface area contributed by atoms with E-state index in [1.54, 1.807) is 0 Å². The van der Waals surface area contributed by atoms with Crippen LogP contribution in [-0.4, -0.2) is 10.9 Å². The SMILES string of the molecule is ClCC=Cc1ccc2[nH]c3ccccc3c2c1. The van der Waals surface area contributed by atoms with E-state index >= 15 is 0 Å². The quantitative estimate of drug-likeness (QED) is 0.633. The molecule has 0 saturated carbocycles. The number of nitrogens with one attached hydrogen (secondary N) is 1. The van der Waals surface area contributed by atoms with Crippen LogP contribution in [0.2, 0.25) is 0 Å². The van der Waals surface area contributed by atoms with Gasteiger partial charge in [0.15, 0.2) is 0 Å². The predicted molar refractivity (Wildman–Crippen MR) is 75.6 cm³/mol. The van der Waals surface area contributed by atoms with Crippen LogP contribution < -0.4 is 0 Å². The molecule has 1 nitrogen and oxygen atoms in total. The fourth-order valence-electron chi connectivity index (χ4n) is 2.15. The Balaban J connectivity index is 2.26. The van der Waals surface area contributed by atoms with Gasteiger partial charge in [0, 0.05) is 27.7 Å². The van der Waals surface area contributed by atoms with Crippen molar-refractivity contribution in [3.63, 3.8) is 0 Å². The molecular weight excluding hydrogens is 230 g/mol. The van der Waals surface area contributed by atoms with Gasteiger partial charge in [-0.3, -0.25) is 0 Å². The molecule has 0 radical (unpaired) electrons. The van der Waals surface area contributed by atoms with Crippen LogP contribution in [0.5, 0.6) is 0 Å². The second-order valence-electron chi connectivity index (χ2n) is 4.03. The van der Waals surface area contributed by atoms with E-state index in [-0.39, 0.29) is 0 Å². The van der Waals surface area contributed by atoms with Crippen LogP contribution in [0, 0.1) is 0 Å². The van der Waals surface area contributed by atoms with Gasteiger partial charge in [-0.2, -0.15) is 0 Å². The molecule has 0 aliphatic rings. The fraction of sp³-hybridized carbons (Fsp3) is 0.0667. The molecular formula is C15H12ClN. The summed E-state index contributed by atoms with van der Waals surface area (Å²) in [5.74, 6) is 0.548. The lowest BCUT2D eigenvalue weighted by Gasteiger charge is -1.94. The third-order valence-electron chi connectivity index (χ3n) is 2.93. The van der Waals surface area contributed by atoms with Crippen LogP contribution in [0.3, 0.4) is 0 Å². The van der Waals surface area contributed by atoms with E-state index in [0.29, 0.717) is 5.88 Å². The Kier molecular flexibility index (Phi) is 2.62. The number of aromatic nitrogens is 1. The van der Waals surface area contributed by atoms with Gasteiger partial charge in [0.05, 0.1) is 0 Å². The Hall–Kier alpha value is -1.73. The largest absolute Gasteiger partial charge is 0.355 e. The van der Waals surface area contributed by atoms with Crippen LogP contribution in [0.1, 0.15) is 5.56 Å². The molecule has 0 atom stereocenters. The van der Waals surface area contributed by atoms with Crippen LogP contribution in [0.25, 0.3) is 27.9 Å². The number of hydrogen-bond donors (Lipinski definition) is 1. The molecule has 0 spiro atoms. The number of allylic oxidation sites excluding steroid dienone is 1. The number of aromatic amines is 1. The Morgan fingerprint density at radius 3 is 2.71 bits per heavy atom. The van der Waals surface area contributed by atoms with Crippen molar-refractivity contribution < 1.29 is 0 Å². The summed E-state index contributed by atoms with van der Waals surface area (Å²) in [5.41, 5.74) is 3.54. The number of rotatable bonds is 2. The Morgan fingerprint density at radius 2 is 1.82 bits per heavy atom. The molecule has 0 saturated heterocycles. The van der Waals surface area contributed by atoms with Gasteiger partial charge in [-0.15, -0.1) is 11.6 Å². The summed E-state index contributed by atoms with van der Waals surface area (Å²) in [6.45, 7) is 0. The van der Waals surface area contributed by atoms with Crippen LogP contribution in [-0.2, 0) is 0 Å². The zero-order valence-corrected chi connectivity index (χ0v) is 10.0. The molecule has 2 aromatic carbocycles. The van der Waals surface area contributed by atoms with E-state index in [0.717, 1.165) is 0 Å². The standard InChI is InChI=1S/C15H12ClN/c16-9-3-4-11-7-8-15-13(10-11)12-5-1-2-6-14(12)17-15/h1-8,10,17H,9H2. The lowest BCUT2D eigenvalue weighted by atomic mass is 10.1. The summed E-state index contributed by atoms with van der Waals surface area (Å²) >= 11 is 5.65. The second-order valence-corrected chi connectivity index (χ2v) is 4.34. The molecule has 0 bridgehead atoms. The molecule has 1 heterocycles. The monoisotopic (exact) mass is 241 g/mol. The molecule has 3 aromatic rings. The zero-order chi connectivity index (χ0) is 11.7. The third-order valence-corrected chi connectivity index (χ3v) is 3.11. The summed E-state index contributed by atoms with van der Waals surface area (Å²) in [7, 11) is 0. The van der Waals surface area contributed by atoms with E-state index in [4.69, 9.17) is 11.6 Å². The fourth-order valence-corrected chi connectivity index (χ4v) is 2.24. The molecule has 0 unspecified atom stereocenters. The van der Waals surface area contributed by atoms with Crippen LogP contribution >= 0.6 is 11.6 Å². The molecule has 17 heavy (non-hydrogen) atoms. The molecule has 1 aromatic heterocycles. The summed E-state index contributed by atoms with van der Waals surface area (Å²) < 4.78 is 0. The average Bonchev–Trinajstić information content (AvgIpc) is 2.74. The lowest BCUT2D eigenvalue weighted by molar-refractivity contribution is 1.54. The van der Waals surface area contributed by atoms with E-state index < -0.39 is 0 Å². The first-order valence-electron chi connectivity index (χ1n) is 5.61. The summed E-state index contributed by atoms with van der Waals surface area (Å²) in [5, 5.41) is 2.53. The molecule has 1 N–H and O–H groups in total. The smallest absolute Gasteiger partial charge is 0.0465 e. The number of hydrogen-bond acceptors (Lipinski definition) is 0. The highest BCUT2D eigenvalue weighted by Gasteiger charge is 2.02. The number of H-pyrrole nitrogens is 1. The lowest BCUT2D eigenvalue weighted by Crippen LogP contribution is -1.73. The number of halogens is 1. The zero-order valence-electron chi connectivity index (χ0n) is 9.28.